The Morgan fingerprint density at radius 1 is 1.50 bits per heavy atom. The Labute approximate surface area is 64.4 Å². The predicted molar refractivity (Wildman–Crippen MR) is 44.3 cm³/mol. The summed E-state index contributed by atoms with van der Waals surface area (Å²) in [6, 6.07) is 0. The van der Waals surface area contributed by atoms with Gasteiger partial charge in [0.1, 0.15) is 0 Å². The van der Waals surface area contributed by atoms with Crippen molar-refractivity contribution in [2.24, 2.45) is 5.92 Å². The van der Waals surface area contributed by atoms with Gasteiger partial charge in [0, 0.05) is 12.3 Å². The van der Waals surface area contributed by atoms with Crippen molar-refractivity contribution >= 4 is 0 Å². The van der Waals surface area contributed by atoms with Crippen LogP contribution in [0.3, 0.4) is 0 Å². The summed E-state index contributed by atoms with van der Waals surface area (Å²) in [6.45, 7) is 5.12. The monoisotopic (exact) mass is 142 g/mol. The molecular weight excluding hydrogens is 122 g/mol. The number of hydrogen-bond donors (Lipinski definition) is 1. The van der Waals surface area contributed by atoms with Gasteiger partial charge in [0.2, 0.25) is 0 Å². The predicted octanol–water partition coefficient (Wildman–Crippen LogP) is 0.711. The van der Waals surface area contributed by atoms with Crippen molar-refractivity contribution in [3.05, 3.63) is 0 Å². The van der Waals surface area contributed by atoms with Crippen molar-refractivity contribution < 1.29 is 4.90 Å². The highest BCUT2D eigenvalue weighted by Gasteiger charge is 2.21. The van der Waals surface area contributed by atoms with Crippen LogP contribution in [-0.4, -0.2) is 20.1 Å². The quantitative estimate of drug-likeness (QED) is 0.592. The first kappa shape index (κ1) is 8.06. The largest absolute Gasteiger partial charge is 0.337 e. The Bertz CT molecular complexity index is 90.7. The van der Waals surface area contributed by atoms with Crippen molar-refractivity contribution in [3.8, 4) is 0 Å². The summed E-state index contributed by atoms with van der Waals surface area (Å²) in [5, 5.41) is 0. The number of hydrogen-bond acceptors (Lipinski definition) is 0. The lowest BCUT2D eigenvalue weighted by Gasteiger charge is -2.05. The first-order chi connectivity index (χ1) is 4.83. The molecule has 0 aliphatic carbocycles. The Morgan fingerprint density at radius 3 is 2.80 bits per heavy atom. The molecule has 1 heterocycles. The van der Waals surface area contributed by atoms with E-state index < -0.39 is 0 Å². The average Bonchev–Trinajstić information content (AvgIpc) is 2.31. The van der Waals surface area contributed by atoms with E-state index in [2.05, 4.69) is 14.0 Å². The maximum atomic E-state index is 2.31. The molecule has 0 aromatic heterocycles. The van der Waals surface area contributed by atoms with E-state index in [4.69, 9.17) is 0 Å². The van der Waals surface area contributed by atoms with Gasteiger partial charge in [0.05, 0.1) is 20.1 Å². The molecule has 0 aromatic carbocycles. The van der Waals surface area contributed by atoms with Crippen LogP contribution in [0.15, 0.2) is 0 Å². The molecule has 60 valence electrons. The lowest BCUT2D eigenvalue weighted by Crippen LogP contribution is -3.07. The molecule has 0 aromatic rings. The number of likely N-dealkylation sites (tertiary alicyclic amines) is 1. The molecule has 1 N–H and O–H groups in total. The number of quaternary nitrogens is 1. The second-order valence-corrected chi connectivity index (χ2v) is 3.71. The minimum atomic E-state index is 1.06. The third kappa shape index (κ3) is 2.30. The summed E-state index contributed by atoms with van der Waals surface area (Å²) < 4.78 is 0. The summed E-state index contributed by atoms with van der Waals surface area (Å²) in [5.74, 6) is 1.06. The van der Waals surface area contributed by atoms with Gasteiger partial charge in [-0.1, -0.05) is 19.8 Å². The smallest absolute Gasteiger partial charge is 0.0799 e. The lowest BCUT2D eigenvalue weighted by atomic mass is 10.0. The van der Waals surface area contributed by atoms with E-state index in [0.717, 1.165) is 5.92 Å². The van der Waals surface area contributed by atoms with Crippen LogP contribution in [0.25, 0.3) is 0 Å². The first-order valence-electron chi connectivity index (χ1n) is 4.64. The molecule has 1 aliphatic rings. The van der Waals surface area contributed by atoms with Gasteiger partial charge < -0.3 is 4.90 Å². The molecule has 1 rings (SSSR count). The lowest BCUT2D eigenvalue weighted by molar-refractivity contribution is -0.867. The number of unbranched alkanes of at least 4 members (excludes halogenated alkanes) is 1. The molecule has 1 fully saturated rings. The third-order valence-electron chi connectivity index (χ3n) is 2.58. The minimum Gasteiger partial charge on any atom is -0.337 e. The Balaban J connectivity index is 2.06. The fourth-order valence-electron chi connectivity index (χ4n) is 1.89. The van der Waals surface area contributed by atoms with E-state index in [1.165, 1.54) is 38.8 Å². The van der Waals surface area contributed by atoms with Crippen LogP contribution in [0.1, 0.15) is 32.6 Å². The summed E-state index contributed by atoms with van der Waals surface area (Å²) in [6.07, 6.45) is 5.77. The van der Waals surface area contributed by atoms with E-state index in [-0.39, 0.29) is 0 Å². The summed E-state index contributed by atoms with van der Waals surface area (Å²) in [4.78, 5) is 1.74. The van der Waals surface area contributed by atoms with Crippen molar-refractivity contribution in [2.45, 2.75) is 32.6 Å². The normalized spacial score (nSPS) is 33.0. The first-order valence-corrected chi connectivity index (χ1v) is 4.64. The molecule has 2 unspecified atom stereocenters. The molecule has 1 nitrogen and oxygen atoms in total. The van der Waals surface area contributed by atoms with E-state index in [0.29, 0.717) is 0 Å². The maximum Gasteiger partial charge on any atom is 0.0799 e. The zero-order chi connectivity index (χ0) is 7.40. The second-order valence-electron chi connectivity index (χ2n) is 3.71. The fraction of sp³-hybridized carbons (Fsp3) is 1.00. The summed E-state index contributed by atoms with van der Waals surface area (Å²) in [5.41, 5.74) is 0. The standard InChI is InChI=1S/C9H19N/c1-3-4-5-9-6-7-10(2)8-9/h9H,3-8H2,1-2H3/p+1. The van der Waals surface area contributed by atoms with Crippen LogP contribution in [0.5, 0.6) is 0 Å². The van der Waals surface area contributed by atoms with Crippen LogP contribution >= 0.6 is 0 Å². The van der Waals surface area contributed by atoms with E-state index in [1.807, 2.05) is 0 Å². The SMILES string of the molecule is CCCCC1CC[NH+](C)C1. The second kappa shape index (κ2) is 3.97. The highest BCUT2D eigenvalue weighted by atomic mass is 15.1. The molecule has 10 heavy (non-hydrogen) atoms. The highest BCUT2D eigenvalue weighted by molar-refractivity contribution is 4.61. The van der Waals surface area contributed by atoms with E-state index in [1.54, 1.807) is 4.90 Å². The van der Waals surface area contributed by atoms with Crippen LogP contribution in [0.2, 0.25) is 0 Å². The van der Waals surface area contributed by atoms with Gasteiger partial charge in [-0.05, 0) is 6.42 Å². The average molecular weight is 142 g/mol. The van der Waals surface area contributed by atoms with Crippen LogP contribution in [-0.2, 0) is 0 Å². The molecule has 1 aliphatic heterocycles. The van der Waals surface area contributed by atoms with Gasteiger partial charge in [0.25, 0.3) is 0 Å². The summed E-state index contributed by atoms with van der Waals surface area (Å²) >= 11 is 0. The van der Waals surface area contributed by atoms with Gasteiger partial charge >= 0.3 is 0 Å². The van der Waals surface area contributed by atoms with E-state index >= 15 is 0 Å². The summed E-state index contributed by atoms with van der Waals surface area (Å²) in [7, 11) is 2.31. The van der Waals surface area contributed by atoms with Gasteiger partial charge in [-0.2, -0.15) is 0 Å². The molecule has 0 radical (unpaired) electrons. The van der Waals surface area contributed by atoms with Gasteiger partial charge in [-0.15, -0.1) is 0 Å². The van der Waals surface area contributed by atoms with E-state index in [9.17, 15) is 0 Å². The number of rotatable bonds is 3. The van der Waals surface area contributed by atoms with Gasteiger partial charge in [-0.3, -0.25) is 0 Å². The molecule has 0 saturated carbocycles. The molecule has 1 heteroatoms. The molecule has 2 atom stereocenters. The fourth-order valence-corrected chi connectivity index (χ4v) is 1.89. The van der Waals surface area contributed by atoms with Crippen LogP contribution in [0.4, 0.5) is 0 Å². The van der Waals surface area contributed by atoms with Crippen molar-refractivity contribution in [1.29, 1.82) is 0 Å². The molecule has 1 saturated heterocycles. The zero-order valence-corrected chi connectivity index (χ0v) is 7.32. The Morgan fingerprint density at radius 2 is 2.30 bits per heavy atom. The molecule has 0 bridgehead atoms. The molecular formula is C9H20N+. The molecule has 0 amide bonds. The van der Waals surface area contributed by atoms with Crippen LogP contribution < -0.4 is 4.90 Å². The third-order valence-corrected chi connectivity index (χ3v) is 2.58. The van der Waals surface area contributed by atoms with Crippen molar-refractivity contribution in [1.82, 2.24) is 0 Å². The molecule has 0 spiro atoms. The highest BCUT2D eigenvalue weighted by Crippen LogP contribution is 2.12. The Hall–Kier alpha value is -0.0400. The van der Waals surface area contributed by atoms with Gasteiger partial charge in [-0.25, -0.2) is 0 Å². The zero-order valence-electron chi connectivity index (χ0n) is 7.32. The van der Waals surface area contributed by atoms with Crippen molar-refractivity contribution in [3.63, 3.8) is 0 Å². The minimum absolute atomic E-state index is 1.06. The van der Waals surface area contributed by atoms with Crippen molar-refractivity contribution in [2.75, 3.05) is 20.1 Å². The number of nitrogens with one attached hydrogen (secondary N) is 1. The Kier molecular flexibility index (Phi) is 3.20. The van der Waals surface area contributed by atoms with Crippen LogP contribution in [0, 0.1) is 5.92 Å². The topological polar surface area (TPSA) is 4.44 Å². The van der Waals surface area contributed by atoms with Gasteiger partial charge in [0.15, 0.2) is 0 Å². The maximum absolute atomic E-state index is 2.31.